The molecule has 0 aliphatic carbocycles. The summed E-state index contributed by atoms with van der Waals surface area (Å²) < 4.78 is 5.67. The van der Waals surface area contributed by atoms with E-state index in [-0.39, 0.29) is 6.10 Å². The average Bonchev–Trinajstić information content (AvgIpc) is 2.24. The van der Waals surface area contributed by atoms with Gasteiger partial charge >= 0.3 is 0 Å². The second-order valence-electron chi connectivity index (χ2n) is 4.92. The molecule has 2 heteroatoms. The number of rotatable bonds is 3. The van der Waals surface area contributed by atoms with E-state index in [9.17, 15) is 0 Å². The molecule has 1 atom stereocenters. The summed E-state index contributed by atoms with van der Waals surface area (Å²) in [6.07, 6.45) is 0.122. The number of ether oxygens (including phenoxy) is 1. The summed E-state index contributed by atoms with van der Waals surface area (Å²) in [6.45, 7) is 9.30. The van der Waals surface area contributed by atoms with Gasteiger partial charge in [0.05, 0.1) is 6.10 Å². The minimum atomic E-state index is -1.25. The first-order valence-electron chi connectivity index (χ1n) is 5.65. The Hall–Kier alpha value is -1.04. The molecule has 0 N–H and O–H groups in total. The molecule has 0 aliphatic rings. The molecule has 1 unspecified atom stereocenters. The lowest BCUT2D eigenvalue weighted by molar-refractivity contribution is 0.0926. The van der Waals surface area contributed by atoms with Crippen LogP contribution in [0.4, 0.5) is 0 Å². The van der Waals surface area contributed by atoms with Gasteiger partial charge in [-0.15, -0.1) is 5.54 Å². The van der Waals surface area contributed by atoms with Crippen molar-refractivity contribution in [1.29, 1.82) is 0 Å². The molecule has 0 radical (unpaired) electrons. The van der Waals surface area contributed by atoms with Crippen LogP contribution in [-0.2, 0) is 4.74 Å². The van der Waals surface area contributed by atoms with E-state index in [0.717, 1.165) is 0 Å². The zero-order chi connectivity index (χ0) is 12.0. The highest BCUT2D eigenvalue weighted by molar-refractivity contribution is 6.83. The summed E-state index contributed by atoms with van der Waals surface area (Å²) >= 11 is 0. The topological polar surface area (TPSA) is 9.23 Å². The van der Waals surface area contributed by atoms with Gasteiger partial charge in [0, 0.05) is 0 Å². The Morgan fingerprint density at radius 3 is 2.38 bits per heavy atom. The van der Waals surface area contributed by atoms with Crippen LogP contribution in [0.2, 0.25) is 19.6 Å². The van der Waals surface area contributed by atoms with Gasteiger partial charge in [-0.2, -0.15) is 0 Å². The molecule has 16 heavy (non-hydrogen) atoms. The minimum Gasteiger partial charge on any atom is -0.361 e. The summed E-state index contributed by atoms with van der Waals surface area (Å²) in [5.41, 5.74) is 4.50. The third kappa shape index (κ3) is 5.15. The lowest BCUT2D eigenvalue weighted by Crippen LogP contribution is -2.16. The molecule has 0 heterocycles. The molecule has 0 aliphatic heterocycles. The fourth-order valence-electron chi connectivity index (χ4n) is 1.29. The van der Waals surface area contributed by atoms with Gasteiger partial charge in [-0.05, 0) is 12.5 Å². The van der Waals surface area contributed by atoms with Crippen LogP contribution in [0.25, 0.3) is 0 Å². The molecule has 86 valence electrons. The van der Waals surface area contributed by atoms with E-state index in [0.29, 0.717) is 6.61 Å². The van der Waals surface area contributed by atoms with Crippen LogP contribution in [-0.4, -0.2) is 14.7 Å². The Morgan fingerprint density at radius 2 is 1.81 bits per heavy atom. The van der Waals surface area contributed by atoms with Crippen molar-refractivity contribution in [3.63, 3.8) is 0 Å². The van der Waals surface area contributed by atoms with Gasteiger partial charge < -0.3 is 4.74 Å². The Morgan fingerprint density at radius 1 is 1.19 bits per heavy atom. The molecule has 0 saturated heterocycles. The summed E-state index contributed by atoms with van der Waals surface area (Å²) in [4.78, 5) is 0. The molecule has 1 aromatic rings. The Balaban J connectivity index is 2.42. The lowest BCUT2D eigenvalue weighted by atomic mass is 10.1. The number of hydrogen-bond donors (Lipinski definition) is 0. The van der Waals surface area contributed by atoms with Crippen molar-refractivity contribution in [2.45, 2.75) is 32.7 Å². The minimum absolute atomic E-state index is 0.122. The van der Waals surface area contributed by atoms with Gasteiger partial charge in [0.2, 0.25) is 0 Å². The van der Waals surface area contributed by atoms with E-state index in [1.807, 2.05) is 18.2 Å². The van der Waals surface area contributed by atoms with Crippen LogP contribution in [0.15, 0.2) is 30.3 Å². The second kappa shape index (κ2) is 5.88. The predicted molar refractivity (Wildman–Crippen MR) is 71.9 cm³/mol. The molecular formula is C14H20OSi. The van der Waals surface area contributed by atoms with Crippen LogP contribution in [0.1, 0.15) is 18.6 Å². The molecule has 1 aromatic carbocycles. The fraction of sp³-hybridized carbons (Fsp3) is 0.429. The highest BCUT2D eigenvalue weighted by atomic mass is 28.3. The van der Waals surface area contributed by atoms with Crippen LogP contribution in [0, 0.1) is 11.5 Å². The highest BCUT2D eigenvalue weighted by Crippen LogP contribution is 2.15. The van der Waals surface area contributed by atoms with E-state index < -0.39 is 8.07 Å². The molecule has 0 bridgehead atoms. The predicted octanol–water partition coefficient (Wildman–Crippen LogP) is 3.65. The van der Waals surface area contributed by atoms with Crippen molar-refractivity contribution in [3.05, 3.63) is 35.9 Å². The Kier molecular flexibility index (Phi) is 4.79. The van der Waals surface area contributed by atoms with Crippen LogP contribution in [0.3, 0.4) is 0 Å². The van der Waals surface area contributed by atoms with Crippen molar-refractivity contribution in [1.82, 2.24) is 0 Å². The van der Waals surface area contributed by atoms with Crippen molar-refractivity contribution >= 4 is 8.07 Å². The first-order valence-corrected chi connectivity index (χ1v) is 9.15. The number of hydrogen-bond acceptors (Lipinski definition) is 1. The first-order chi connectivity index (χ1) is 7.49. The average molecular weight is 232 g/mol. The van der Waals surface area contributed by atoms with E-state index in [1.54, 1.807) is 0 Å². The van der Waals surface area contributed by atoms with Crippen LogP contribution < -0.4 is 0 Å². The van der Waals surface area contributed by atoms with Crippen molar-refractivity contribution in [2.75, 3.05) is 6.61 Å². The van der Waals surface area contributed by atoms with Gasteiger partial charge in [-0.3, -0.25) is 0 Å². The van der Waals surface area contributed by atoms with E-state index in [2.05, 4.69) is 50.2 Å². The van der Waals surface area contributed by atoms with Gasteiger partial charge in [0.15, 0.2) is 0 Å². The van der Waals surface area contributed by atoms with Crippen LogP contribution in [0.5, 0.6) is 0 Å². The normalized spacial score (nSPS) is 12.8. The summed E-state index contributed by atoms with van der Waals surface area (Å²) in [6, 6.07) is 10.2. The maximum atomic E-state index is 5.67. The maximum Gasteiger partial charge on any atom is 0.129 e. The third-order valence-electron chi connectivity index (χ3n) is 2.14. The zero-order valence-corrected chi connectivity index (χ0v) is 11.6. The smallest absolute Gasteiger partial charge is 0.129 e. The molecular weight excluding hydrogens is 212 g/mol. The van der Waals surface area contributed by atoms with Crippen LogP contribution >= 0.6 is 0 Å². The SMILES string of the molecule is CC(OCC#C[Si](C)(C)C)c1ccccc1. The summed E-state index contributed by atoms with van der Waals surface area (Å²) in [5.74, 6) is 3.12. The molecule has 1 rings (SSSR count). The molecule has 0 amide bonds. The first kappa shape index (κ1) is 13.0. The van der Waals surface area contributed by atoms with Gasteiger partial charge in [-0.25, -0.2) is 0 Å². The molecule has 0 fully saturated rings. The van der Waals surface area contributed by atoms with E-state index in [1.165, 1.54) is 5.56 Å². The van der Waals surface area contributed by atoms with E-state index >= 15 is 0 Å². The monoisotopic (exact) mass is 232 g/mol. The highest BCUT2D eigenvalue weighted by Gasteiger charge is 2.07. The van der Waals surface area contributed by atoms with Crippen molar-refractivity contribution in [3.8, 4) is 11.5 Å². The molecule has 0 aromatic heterocycles. The van der Waals surface area contributed by atoms with Gasteiger partial charge in [0.25, 0.3) is 0 Å². The lowest BCUT2D eigenvalue weighted by Gasteiger charge is -2.11. The standard InChI is InChI=1S/C14H20OSi/c1-13(14-9-6-5-7-10-14)15-11-8-12-16(2,3)4/h5-7,9-10,13H,11H2,1-4H3. The quantitative estimate of drug-likeness (QED) is 0.571. The van der Waals surface area contributed by atoms with Crippen molar-refractivity contribution in [2.24, 2.45) is 0 Å². The Labute approximate surface area is 99.8 Å². The maximum absolute atomic E-state index is 5.67. The van der Waals surface area contributed by atoms with Gasteiger partial charge in [-0.1, -0.05) is 55.9 Å². The summed E-state index contributed by atoms with van der Waals surface area (Å²) in [5, 5.41) is 0. The van der Waals surface area contributed by atoms with Gasteiger partial charge in [0.1, 0.15) is 14.7 Å². The van der Waals surface area contributed by atoms with E-state index in [4.69, 9.17) is 4.74 Å². The Bertz CT molecular complexity index is 367. The largest absolute Gasteiger partial charge is 0.361 e. The zero-order valence-electron chi connectivity index (χ0n) is 10.6. The van der Waals surface area contributed by atoms with Crippen molar-refractivity contribution < 1.29 is 4.74 Å². The molecule has 0 saturated carbocycles. The third-order valence-corrected chi connectivity index (χ3v) is 3.06. The number of benzene rings is 1. The fourth-order valence-corrected chi connectivity index (χ4v) is 1.89. The molecule has 0 spiro atoms. The second-order valence-corrected chi connectivity index (χ2v) is 9.67. The molecule has 1 nitrogen and oxygen atoms in total. The summed E-state index contributed by atoms with van der Waals surface area (Å²) in [7, 11) is -1.25.